The average Bonchev–Trinajstić information content (AvgIpc) is 3.07. The fourth-order valence-electron chi connectivity index (χ4n) is 2.61. The molecule has 12 nitrogen and oxygen atoms in total. The first-order valence-electron chi connectivity index (χ1n) is 8.30. The van der Waals surface area contributed by atoms with Crippen molar-refractivity contribution in [3.63, 3.8) is 0 Å². The molecule has 0 aliphatic carbocycles. The molecule has 7 N–H and O–H groups in total. The van der Waals surface area contributed by atoms with Gasteiger partial charge in [0.25, 0.3) is 0 Å². The van der Waals surface area contributed by atoms with Gasteiger partial charge in [0.05, 0.1) is 19.1 Å². The smallest absolute Gasteiger partial charge is 0.326 e. The Morgan fingerprint density at radius 1 is 1.22 bits per heavy atom. The van der Waals surface area contributed by atoms with Gasteiger partial charge in [-0.25, -0.2) is 4.79 Å². The Morgan fingerprint density at radius 2 is 1.85 bits per heavy atom. The molecule has 0 aromatic rings. The molecule has 1 aliphatic heterocycles. The van der Waals surface area contributed by atoms with Crippen LogP contribution in [0.15, 0.2) is 0 Å². The van der Waals surface area contributed by atoms with Gasteiger partial charge in [0, 0.05) is 6.54 Å². The van der Waals surface area contributed by atoms with Crippen LogP contribution in [0.4, 0.5) is 0 Å². The molecule has 152 valence electrons. The Hall–Kier alpha value is -2.73. The zero-order chi connectivity index (χ0) is 20.7. The molecule has 1 saturated heterocycles. The Balaban J connectivity index is 2.72. The number of aliphatic hydroxyl groups excluding tert-OH is 1. The first-order valence-corrected chi connectivity index (χ1v) is 8.30. The van der Waals surface area contributed by atoms with Gasteiger partial charge in [0.2, 0.25) is 17.7 Å². The van der Waals surface area contributed by atoms with E-state index in [1.807, 2.05) is 0 Å². The highest BCUT2D eigenvalue weighted by atomic mass is 16.4. The van der Waals surface area contributed by atoms with Crippen molar-refractivity contribution in [2.75, 3.05) is 13.1 Å². The van der Waals surface area contributed by atoms with Crippen LogP contribution in [0.5, 0.6) is 0 Å². The lowest BCUT2D eigenvalue weighted by molar-refractivity contribution is -0.150. The summed E-state index contributed by atoms with van der Waals surface area (Å²) < 4.78 is 0. The Labute approximate surface area is 154 Å². The van der Waals surface area contributed by atoms with Gasteiger partial charge in [-0.2, -0.15) is 0 Å². The number of hydrogen-bond donors (Lipinski definition) is 6. The molecule has 0 radical (unpaired) electrons. The van der Waals surface area contributed by atoms with Crippen LogP contribution in [0.1, 0.15) is 26.2 Å². The van der Waals surface area contributed by atoms with E-state index in [0.717, 1.165) is 4.90 Å². The third kappa shape index (κ3) is 6.49. The van der Waals surface area contributed by atoms with Gasteiger partial charge in [-0.1, -0.05) is 0 Å². The Kier molecular flexibility index (Phi) is 8.12. The predicted molar refractivity (Wildman–Crippen MR) is 89.2 cm³/mol. The van der Waals surface area contributed by atoms with Crippen molar-refractivity contribution in [2.24, 2.45) is 5.73 Å². The lowest BCUT2D eigenvalue weighted by Crippen LogP contribution is -2.55. The van der Waals surface area contributed by atoms with E-state index in [1.165, 1.54) is 6.92 Å². The molecule has 4 unspecified atom stereocenters. The van der Waals surface area contributed by atoms with Crippen molar-refractivity contribution in [3.05, 3.63) is 0 Å². The lowest BCUT2D eigenvalue weighted by atomic mass is 10.1. The van der Waals surface area contributed by atoms with Crippen LogP contribution in [0.3, 0.4) is 0 Å². The van der Waals surface area contributed by atoms with E-state index in [2.05, 4.69) is 10.6 Å². The molecule has 0 aromatic carbocycles. The second-order valence-corrected chi connectivity index (χ2v) is 6.23. The van der Waals surface area contributed by atoms with E-state index in [1.54, 1.807) is 0 Å². The summed E-state index contributed by atoms with van der Waals surface area (Å²) in [5.74, 6) is -5.04. The van der Waals surface area contributed by atoms with Gasteiger partial charge in [0.15, 0.2) is 0 Å². The number of aliphatic carboxylic acids is 2. The second-order valence-electron chi connectivity index (χ2n) is 6.23. The average molecular weight is 388 g/mol. The van der Waals surface area contributed by atoms with E-state index < -0.39 is 66.9 Å². The summed E-state index contributed by atoms with van der Waals surface area (Å²) in [5, 5.41) is 31.7. The summed E-state index contributed by atoms with van der Waals surface area (Å²) in [4.78, 5) is 59.3. The standard InChI is InChI=1S/C15H24N4O8/c1-7(20)12(16)13(24)17-6-10(21)18-8(5-11(22)23)14(25)19-4-2-3-9(19)15(26)27/h7-9,12,20H,2-6,16H2,1H3,(H,17,24)(H,18,21)(H,22,23)(H,26,27). The summed E-state index contributed by atoms with van der Waals surface area (Å²) >= 11 is 0. The number of carboxylic acid groups (broad SMARTS) is 2. The van der Waals surface area contributed by atoms with Crippen LogP contribution in [0.25, 0.3) is 0 Å². The van der Waals surface area contributed by atoms with Crippen molar-refractivity contribution in [2.45, 2.75) is 50.4 Å². The van der Waals surface area contributed by atoms with Crippen LogP contribution in [0.2, 0.25) is 0 Å². The highest BCUT2D eigenvalue weighted by Gasteiger charge is 2.38. The third-order valence-electron chi connectivity index (χ3n) is 4.08. The van der Waals surface area contributed by atoms with E-state index in [-0.39, 0.29) is 13.0 Å². The first-order chi connectivity index (χ1) is 12.5. The van der Waals surface area contributed by atoms with Crippen LogP contribution in [-0.2, 0) is 24.0 Å². The molecular weight excluding hydrogens is 364 g/mol. The number of amides is 3. The van der Waals surface area contributed by atoms with E-state index in [0.29, 0.717) is 6.42 Å². The van der Waals surface area contributed by atoms with Gasteiger partial charge in [-0.05, 0) is 19.8 Å². The van der Waals surface area contributed by atoms with Gasteiger partial charge in [0.1, 0.15) is 18.1 Å². The zero-order valence-corrected chi connectivity index (χ0v) is 14.8. The number of carboxylic acids is 2. The number of carbonyl (C=O) groups is 5. The highest BCUT2D eigenvalue weighted by molar-refractivity contribution is 5.94. The van der Waals surface area contributed by atoms with Gasteiger partial charge in [-0.15, -0.1) is 0 Å². The molecule has 4 atom stereocenters. The van der Waals surface area contributed by atoms with Crippen molar-refractivity contribution in [3.8, 4) is 0 Å². The van der Waals surface area contributed by atoms with Crippen LogP contribution in [-0.4, -0.2) is 87.2 Å². The zero-order valence-electron chi connectivity index (χ0n) is 14.8. The number of hydrogen-bond acceptors (Lipinski definition) is 7. The predicted octanol–water partition coefficient (Wildman–Crippen LogP) is -3.15. The second kappa shape index (κ2) is 9.83. The first kappa shape index (κ1) is 22.3. The summed E-state index contributed by atoms with van der Waals surface area (Å²) in [5.41, 5.74) is 5.40. The minimum absolute atomic E-state index is 0.141. The normalized spacial score (nSPS) is 19.7. The molecule has 0 saturated carbocycles. The van der Waals surface area contributed by atoms with Crippen LogP contribution >= 0.6 is 0 Å². The molecule has 12 heteroatoms. The van der Waals surface area contributed by atoms with Gasteiger partial charge in [-0.3, -0.25) is 19.2 Å². The molecular formula is C15H24N4O8. The molecule has 0 aromatic heterocycles. The molecule has 0 spiro atoms. The number of aliphatic hydroxyl groups is 1. The number of carbonyl (C=O) groups excluding carboxylic acids is 3. The Bertz CT molecular complexity index is 609. The number of likely N-dealkylation sites (tertiary alicyclic amines) is 1. The van der Waals surface area contributed by atoms with Crippen molar-refractivity contribution in [1.29, 1.82) is 0 Å². The third-order valence-corrected chi connectivity index (χ3v) is 4.08. The van der Waals surface area contributed by atoms with Gasteiger partial charge >= 0.3 is 11.9 Å². The number of rotatable bonds is 9. The minimum atomic E-state index is -1.47. The highest BCUT2D eigenvalue weighted by Crippen LogP contribution is 2.19. The molecule has 1 aliphatic rings. The summed E-state index contributed by atoms with van der Waals surface area (Å²) in [7, 11) is 0. The fraction of sp³-hybridized carbons (Fsp3) is 0.667. The maximum absolute atomic E-state index is 12.5. The maximum Gasteiger partial charge on any atom is 0.326 e. The molecule has 1 heterocycles. The molecule has 27 heavy (non-hydrogen) atoms. The van der Waals surface area contributed by atoms with Crippen molar-refractivity contribution in [1.82, 2.24) is 15.5 Å². The largest absolute Gasteiger partial charge is 0.481 e. The van der Waals surface area contributed by atoms with Crippen molar-refractivity contribution >= 4 is 29.7 Å². The molecule has 0 bridgehead atoms. The van der Waals surface area contributed by atoms with E-state index >= 15 is 0 Å². The van der Waals surface area contributed by atoms with Crippen LogP contribution in [0, 0.1) is 0 Å². The number of nitrogens with zero attached hydrogens (tertiary/aromatic N) is 1. The van der Waals surface area contributed by atoms with E-state index in [4.69, 9.17) is 15.9 Å². The molecule has 1 rings (SSSR count). The SMILES string of the molecule is CC(O)C(N)C(=O)NCC(=O)NC(CC(=O)O)C(=O)N1CCCC1C(=O)O. The monoisotopic (exact) mass is 388 g/mol. The van der Waals surface area contributed by atoms with Gasteiger partial charge < -0.3 is 36.6 Å². The summed E-state index contributed by atoms with van der Waals surface area (Å²) in [6.45, 7) is 0.841. The van der Waals surface area contributed by atoms with Crippen molar-refractivity contribution < 1.29 is 39.3 Å². The summed E-state index contributed by atoms with van der Waals surface area (Å²) in [6.07, 6.45) is -1.20. The fourth-order valence-corrected chi connectivity index (χ4v) is 2.61. The number of nitrogens with two attached hydrogens (primary N) is 1. The molecule has 1 fully saturated rings. The summed E-state index contributed by atoms with van der Waals surface area (Å²) in [6, 6.07) is -3.80. The minimum Gasteiger partial charge on any atom is -0.481 e. The Morgan fingerprint density at radius 3 is 2.37 bits per heavy atom. The number of nitrogens with one attached hydrogen (secondary N) is 2. The quantitative estimate of drug-likeness (QED) is 0.236. The van der Waals surface area contributed by atoms with Crippen LogP contribution < -0.4 is 16.4 Å². The topological polar surface area (TPSA) is 199 Å². The lowest BCUT2D eigenvalue weighted by Gasteiger charge is -2.26. The maximum atomic E-state index is 12.5. The molecule has 3 amide bonds. The van der Waals surface area contributed by atoms with E-state index in [9.17, 15) is 29.1 Å².